The van der Waals surface area contributed by atoms with Crippen LogP contribution in [0.5, 0.6) is 0 Å². The molecule has 0 amide bonds. The molecule has 0 aliphatic heterocycles. The van der Waals surface area contributed by atoms with Crippen LogP contribution in [0.2, 0.25) is 5.15 Å². The molecule has 5 heteroatoms. The summed E-state index contributed by atoms with van der Waals surface area (Å²) in [4.78, 5) is 3.44. The van der Waals surface area contributed by atoms with Crippen molar-refractivity contribution in [2.24, 2.45) is 0 Å². The molecule has 0 fully saturated rings. The van der Waals surface area contributed by atoms with Crippen molar-refractivity contribution in [3.63, 3.8) is 0 Å². The van der Waals surface area contributed by atoms with Crippen molar-refractivity contribution in [1.29, 1.82) is 5.26 Å². The molecule has 0 saturated heterocycles. The van der Waals surface area contributed by atoms with Crippen molar-refractivity contribution >= 4 is 11.6 Å². The number of rotatable bonds is 1. The fourth-order valence-corrected chi connectivity index (χ4v) is 0.869. The molecule has 1 aromatic heterocycles. The second-order valence-corrected chi connectivity index (χ2v) is 2.39. The zero-order valence-corrected chi connectivity index (χ0v) is 6.52. The zero-order valence-electron chi connectivity index (χ0n) is 5.76. The molecule has 0 unspecified atom stereocenters. The minimum Gasteiger partial charge on any atom is -0.244 e. The summed E-state index contributed by atoms with van der Waals surface area (Å²) in [7, 11) is 0. The number of alkyl halides is 2. The first kappa shape index (κ1) is 8.88. The van der Waals surface area contributed by atoms with Gasteiger partial charge in [0.05, 0.1) is 17.2 Å². The first-order valence-electron chi connectivity index (χ1n) is 2.99. The lowest BCUT2D eigenvalue weighted by atomic mass is 10.2. The van der Waals surface area contributed by atoms with Crippen LogP contribution in [-0.2, 0) is 0 Å². The molecule has 0 atom stereocenters. The van der Waals surface area contributed by atoms with E-state index in [4.69, 9.17) is 16.9 Å². The van der Waals surface area contributed by atoms with Crippen LogP contribution in [0.25, 0.3) is 0 Å². The minimum atomic E-state index is -2.69. The van der Waals surface area contributed by atoms with Gasteiger partial charge in [-0.15, -0.1) is 0 Å². The molecule has 0 aromatic carbocycles. The Bertz CT molecular complexity index is 333. The SMILES string of the molecule is N#Cc1cc(Cl)ncc1C(F)F. The van der Waals surface area contributed by atoms with Crippen LogP contribution >= 0.6 is 11.6 Å². The number of hydrogen-bond donors (Lipinski definition) is 0. The number of hydrogen-bond acceptors (Lipinski definition) is 2. The third-order valence-electron chi connectivity index (χ3n) is 1.26. The molecule has 12 heavy (non-hydrogen) atoms. The van der Waals surface area contributed by atoms with Gasteiger partial charge in [0.1, 0.15) is 5.15 Å². The van der Waals surface area contributed by atoms with E-state index in [0.717, 1.165) is 12.3 Å². The van der Waals surface area contributed by atoms with E-state index in [1.807, 2.05) is 0 Å². The molecule has 62 valence electrons. The molecule has 0 bridgehead atoms. The Morgan fingerprint density at radius 3 is 2.75 bits per heavy atom. The molecule has 0 saturated carbocycles. The maximum absolute atomic E-state index is 12.1. The molecule has 2 nitrogen and oxygen atoms in total. The van der Waals surface area contributed by atoms with Crippen molar-refractivity contribution in [3.8, 4) is 6.07 Å². The molecule has 1 aromatic rings. The van der Waals surface area contributed by atoms with E-state index in [2.05, 4.69) is 4.98 Å². The van der Waals surface area contributed by atoms with Crippen LogP contribution < -0.4 is 0 Å². The zero-order chi connectivity index (χ0) is 9.14. The summed E-state index contributed by atoms with van der Waals surface area (Å²) in [5.74, 6) is 0. The summed E-state index contributed by atoms with van der Waals surface area (Å²) in [6.07, 6.45) is -1.78. The van der Waals surface area contributed by atoms with E-state index >= 15 is 0 Å². The molecular weight excluding hydrogens is 186 g/mol. The van der Waals surface area contributed by atoms with Gasteiger partial charge in [-0.3, -0.25) is 0 Å². The Morgan fingerprint density at radius 2 is 2.25 bits per heavy atom. The molecule has 0 aliphatic carbocycles. The van der Waals surface area contributed by atoms with Gasteiger partial charge in [-0.25, -0.2) is 13.8 Å². The first-order valence-corrected chi connectivity index (χ1v) is 3.36. The van der Waals surface area contributed by atoms with Gasteiger partial charge in [-0.1, -0.05) is 11.6 Å². The molecule has 0 aliphatic rings. The number of halogens is 3. The van der Waals surface area contributed by atoms with Gasteiger partial charge < -0.3 is 0 Å². The summed E-state index contributed by atoms with van der Waals surface area (Å²) in [6.45, 7) is 0. The monoisotopic (exact) mass is 188 g/mol. The second-order valence-electron chi connectivity index (χ2n) is 2.01. The molecule has 1 rings (SSSR count). The first-order chi connectivity index (χ1) is 5.65. The van der Waals surface area contributed by atoms with Crippen molar-refractivity contribution in [2.75, 3.05) is 0 Å². The van der Waals surface area contributed by atoms with E-state index in [1.54, 1.807) is 6.07 Å². The van der Waals surface area contributed by atoms with Crippen LogP contribution in [0.15, 0.2) is 12.3 Å². The summed E-state index contributed by atoms with van der Waals surface area (Å²) in [5.41, 5.74) is -0.521. The smallest absolute Gasteiger partial charge is 0.244 e. The lowest BCUT2D eigenvalue weighted by molar-refractivity contribution is 0.150. The highest BCUT2D eigenvalue weighted by Gasteiger charge is 2.13. The van der Waals surface area contributed by atoms with E-state index in [1.165, 1.54) is 0 Å². The van der Waals surface area contributed by atoms with Gasteiger partial charge in [0.25, 0.3) is 6.43 Å². The number of aromatic nitrogens is 1. The Labute approximate surface area is 72.4 Å². The van der Waals surface area contributed by atoms with Gasteiger partial charge in [-0.05, 0) is 6.07 Å². The van der Waals surface area contributed by atoms with Crippen molar-refractivity contribution in [3.05, 3.63) is 28.5 Å². The van der Waals surface area contributed by atoms with Gasteiger partial charge in [0.2, 0.25) is 0 Å². The van der Waals surface area contributed by atoms with Crippen LogP contribution in [0.4, 0.5) is 8.78 Å². The summed E-state index contributed by atoms with van der Waals surface area (Å²) >= 11 is 5.39. The quantitative estimate of drug-likeness (QED) is 0.635. The Balaban J connectivity index is 3.23. The number of nitriles is 1. The summed E-state index contributed by atoms with van der Waals surface area (Å²) in [5, 5.41) is 8.46. The van der Waals surface area contributed by atoms with Crippen LogP contribution in [0.1, 0.15) is 17.6 Å². The molecule has 0 spiro atoms. The predicted molar refractivity (Wildman–Crippen MR) is 38.9 cm³/mol. The van der Waals surface area contributed by atoms with Crippen LogP contribution in [0, 0.1) is 11.3 Å². The van der Waals surface area contributed by atoms with Gasteiger partial charge in [-0.2, -0.15) is 5.26 Å². The third-order valence-corrected chi connectivity index (χ3v) is 1.46. The molecule has 0 N–H and O–H groups in total. The predicted octanol–water partition coefficient (Wildman–Crippen LogP) is 2.54. The summed E-state index contributed by atoms with van der Waals surface area (Å²) in [6, 6.07) is 2.73. The highest BCUT2D eigenvalue weighted by Crippen LogP contribution is 2.22. The summed E-state index contributed by atoms with van der Waals surface area (Å²) < 4.78 is 24.2. The second kappa shape index (κ2) is 3.46. The minimum absolute atomic E-state index is 0.0379. The van der Waals surface area contributed by atoms with E-state index < -0.39 is 6.43 Å². The third kappa shape index (κ3) is 1.69. The molecule has 1 heterocycles. The fraction of sp³-hybridized carbons (Fsp3) is 0.143. The van der Waals surface area contributed by atoms with E-state index in [0.29, 0.717) is 0 Å². The lowest BCUT2D eigenvalue weighted by Crippen LogP contribution is -1.91. The average Bonchev–Trinajstić information content (AvgIpc) is 2.03. The highest BCUT2D eigenvalue weighted by molar-refractivity contribution is 6.29. The standard InChI is InChI=1S/C7H3ClF2N2/c8-6-1-4(2-11)5(3-12-6)7(9)10/h1,3,7H. The van der Waals surface area contributed by atoms with Crippen molar-refractivity contribution < 1.29 is 8.78 Å². The van der Waals surface area contributed by atoms with E-state index in [9.17, 15) is 8.78 Å². The van der Waals surface area contributed by atoms with Crippen LogP contribution in [-0.4, -0.2) is 4.98 Å². The molecule has 0 radical (unpaired) electrons. The highest BCUT2D eigenvalue weighted by atomic mass is 35.5. The Hall–Kier alpha value is -1.21. The van der Waals surface area contributed by atoms with Crippen LogP contribution in [0.3, 0.4) is 0 Å². The Morgan fingerprint density at radius 1 is 1.58 bits per heavy atom. The topological polar surface area (TPSA) is 36.7 Å². The largest absolute Gasteiger partial charge is 0.266 e. The van der Waals surface area contributed by atoms with Gasteiger partial charge in [0, 0.05) is 6.20 Å². The van der Waals surface area contributed by atoms with Gasteiger partial charge >= 0.3 is 0 Å². The van der Waals surface area contributed by atoms with E-state index in [-0.39, 0.29) is 16.3 Å². The normalized spacial score (nSPS) is 9.92. The average molecular weight is 189 g/mol. The lowest BCUT2D eigenvalue weighted by Gasteiger charge is -2.00. The number of pyridine rings is 1. The maximum Gasteiger partial charge on any atom is 0.266 e. The van der Waals surface area contributed by atoms with Crippen molar-refractivity contribution in [1.82, 2.24) is 4.98 Å². The van der Waals surface area contributed by atoms with Crippen molar-refractivity contribution in [2.45, 2.75) is 6.43 Å². The fourth-order valence-electron chi connectivity index (χ4n) is 0.711. The molecular formula is C7H3ClF2N2. The Kier molecular flexibility index (Phi) is 2.56. The maximum atomic E-state index is 12.1. The number of nitrogens with zero attached hydrogens (tertiary/aromatic N) is 2. The van der Waals surface area contributed by atoms with Gasteiger partial charge in [0.15, 0.2) is 0 Å².